The number of benzene rings is 1. The summed E-state index contributed by atoms with van der Waals surface area (Å²) in [6.45, 7) is 0. The zero-order valence-electron chi connectivity index (χ0n) is 10.1. The van der Waals surface area contributed by atoms with Crippen LogP contribution in [-0.4, -0.2) is 29.5 Å². The summed E-state index contributed by atoms with van der Waals surface area (Å²) in [6, 6.07) is 5.12. The predicted molar refractivity (Wildman–Crippen MR) is 84.0 cm³/mol. The minimum Gasteiger partial charge on any atom is -0.478 e. The number of carboxylic acid groups (broad SMARTS) is 1. The van der Waals surface area contributed by atoms with E-state index >= 15 is 0 Å². The van der Waals surface area contributed by atoms with Gasteiger partial charge in [0.05, 0.1) is 10.5 Å². The van der Waals surface area contributed by atoms with Gasteiger partial charge in [0.15, 0.2) is 0 Å². The van der Waals surface area contributed by atoms with E-state index in [0.717, 1.165) is 6.07 Å². The smallest absolute Gasteiger partial charge is 0.336 e. The first-order chi connectivity index (χ1) is 9.79. The quantitative estimate of drug-likeness (QED) is 0.558. The van der Waals surface area contributed by atoms with E-state index in [4.69, 9.17) is 16.7 Å². The number of aromatic nitrogens is 2. The lowest BCUT2D eigenvalue weighted by molar-refractivity contribution is 0.0695. The molecule has 21 heavy (non-hydrogen) atoms. The first kappa shape index (κ1) is 15.9. The molecule has 0 aliphatic carbocycles. The first-order valence-corrected chi connectivity index (χ1v) is 8.28. The molecule has 2 N–H and O–H groups in total. The van der Waals surface area contributed by atoms with Gasteiger partial charge < -0.3 is 5.11 Å². The van der Waals surface area contributed by atoms with Gasteiger partial charge in [-0.1, -0.05) is 0 Å². The molecule has 0 bridgehead atoms. The van der Waals surface area contributed by atoms with Crippen molar-refractivity contribution in [2.75, 3.05) is 4.72 Å². The number of sulfonamides is 1. The third-order valence-electron chi connectivity index (χ3n) is 2.34. The van der Waals surface area contributed by atoms with Crippen molar-refractivity contribution in [2.24, 2.45) is 0 Å². The minimum atomic E-state index is -3.97. The summed E-state index contributed by atoms with van der Waals surface area (Å²) < 4.78 is 27.0. The second kappa shape index (κ2) is 6.12. The molecule has 1 heterocycles. The third kappa shape index (κ3) is 3.80. The van der Waals surface area contributed by atoms with E-state index in [-0.39, 0.29) is 21.6 Å². The molecule has 0 saturated heterocycles. The van der Waals surface area contributed by atoms with Gasteiger partial charge >= 0.3 is 5.97 Å². The van der Waals surface area contributed by atoms with Crippen molar-refractivity contribution < 1.29 is 18.3 Å². The van der Waals surface area contributed by atoms with E-state index in [0.29, 0.717) is 3.57 Å². The van der Waals surface area contributed by atoms with Crippen LogP contribution in [0.5, 0.6) is 0 Å². The molecule has 0 saturated carbocycles. The maximum Gasteiger partial charge on any atom is 0.336 e. The van der Waals surface area contributed by atoms with Crippen LogP contribution in [-0.2, 0) is 10.0 Å². The fourth-order valence-electron chi connectivity index (χ4n) is 1.42. The van der Waals surface area contributed by atoms with E-state index in [1.54, 1.807) is 0 Å². The summed E-state index contributed by atoms with van der Waals surface area (Å²) in [6.07, 6.45) is 1.30. The molecular formula is C11H7ClIN3O4S. The molecule has 2 aromatic rings. The Morgan fingerprint density at radius 2 is 2.05 bits per heavy atom. The Morgan fingerprint density at radius 1 is 1.33 bits per heavy atom. The van der Waals surface area contributed by atoms with E-state index in [1.165, 1.54) is 24.4 Å². The lowest BCUT2D eigenvalue weighted by atomic mass is 10.2. The van der Waals surface area contributed by atoms with Gasteiger partial charge in [0.1, 0.15) is 5.82 Å². The summed E-state index contributed by atoms with van der Waals surface area (Å²) in [7, 11) is -3.97. The topological polar surface area (TPSA) is 109 Å². The van der Waals surface area contributed by atoms with Crippen LogP contribution in [0, 0.1) is 3.57 Å². The van der Waals surface area contributed by atoms with Crippen LogP contribution in [0.1, 0.15) is 10.4 Å². The van der Waals surface area contributed by atoms with Gasteiger partial charge in [-0.05, 0) is 58.5 Å². The largest absolute Gasteiger partial charge is 0.478 e. The molecule has 2 rings (SSSR count). The Morgan fingerprint density at radius 3 is 2.67 bits per heavy atom. The lowest BCUT2D eigenvalue weighted by Crippen LogP contribution is -2.15. The van der Waals surface area contributed by atoms with E-state index < -0.39 is 16.0 Å². The van der Waals surface area contributed by atoms with Crippen LogP contribution >= 0.6 is 34.2 Å². The Bertz CT molecular complexity index is 813. The second-order valence-electron chi connectivity index (χ2n) is 3.76. The van der Waals surface area contributed by atoms with Gasteiger partial charge in [-0.2, -0.15) is 4.98 Å². The van der Waals surface area contributed by atoms with Gasteiger partial charge in [0.25, 0.3) is 10.0 Å². The molecule has 0 aliphatic rings. The number of anilines is 1. The number of hydrogen-bond donors (Lipinski definition) is 2. The molecule has 0 unspecified atom stereocenters. The Balaban J connectivity index is 2.40. The van der Waals surface area contributed by atoms with Gasteiger partial charge in [-0.25, -0.2) is 18.2 Å². The standard InChI is InChI=1S/C11H7ClIN3O4S/c12-11-14-4-3-9(15-11)16-21(19,20)6-1-2-8(13)7(5-6)10(17)18/h1-5H,(H,17,18)(H,14,15,16). The molecular weight excluding hydrogens is 433 g/mol. The van der Waals surface area contributed by atoms with Crippen LogP contribution in [0.25, 0.3) is 0 Å². The van der Waals surface area contributed by atoms with Crippen molar-refractivity contribution in [1.82, 2.24) is 9.97 Å². The van der Waals surface area contributed by atoms with Crippen LogP contribution < -0.4 is 4.72 Å². The van der Waals surface area contributed by atoms with Crippen molar-refractivity contribution in [3.05, 3.63) is 44.9 Å². The van der Waals surface area contributed by atoms with Crippen molar-refractivity contribution in [1.29, 1.82) is 0 Å². The molecule has 7 nitrogen and oxygen atoms in total. The fourth-order valence-corrected chi connectivity index (χ4v) is 3.16. The van der Waals surface area contributed by atoms with Crippen molar-refractivity contribution >= 4 is 56.0 Å². The minimum absolute atomic E-state index is 0.00887. The molecule has 0 spiro atoms. The maximum atomic E-state index is 12.2. The number of hydrogen-bond acceptors (Lipinski definition) is 5. The molecule has 0 fully saturated rings. The zero-order chi connectivity index (χ0) is 15.6. The number of rotatable bonds is 4. The summed E-state index contributed by atoms with van der Waals surface area (Å²) in [5, 5.41) is 8.92. The monoisotopic (exact) mass is 439 g/mol. The highest BCUT2D eigenvalue weighted by Crippen LogP contribution is 2.20. The highest BCUT2D eigenvalue weighted by atomic mass is 127. The second-order valence-corrected chi connectivity index (χ2v) is 6.95. The van der Waals surface area contributed by atoms with Gasteiger partial charge in [0, 0.05) is 9.77 Å². The molecule has 110 valence electrons. The number of nitrogens with one attached hydrogen (secondary N) is 1. The van der Waals surface area contributed by atoms with Crippen molar-refractivity contribution in [3.63, 3.8) is 0 Å². The Kier molecular flexibility index (Phi) is 4.64. The molecule has 0 atom stereocenters. The summed E-state index contributed by atoms with van der Waals surface area (Å²) in [5.74, 6) is -1.22. The highest BCUT2D eigenvalue weighted by molar-refractivity contribution is 14.1. The predicted octanol–water partition coefficient (Wildman–Crippen LogP) is 2.23. The summed E-state index contributed by atoms with van der Waals surface area (Å²) >= 11 is 7.39. The fraction of sp³-hybridized carbons (Fsp3) is 0. The maximum absolute atomic E-state index is 12.2. The summed E-state index contributed by atoms with van der Waals surface area (Å²) in [4.78, 5) is 18.2. The Labute approximate surface area is 138 Å². The number of halogens is 2. The lowest BCUT2D eigenvalue weighted by Gasteiger charge is -2.08. The number of aromatic carboxylic acids is 1. The van der Waals surface area contributed by atoms with E-state index in [1.807, 2.05) is 22.6 Å². The average Bonchev–Trinajstić information content (AvgIpc) is 2.38. The number of nitrogens with zero attached hydrogens (tertiary/aromatic N) is 2. The van der Waals surface area contributed by atoms with Crippen LogP contribution in [0.15, 0.2) is 35.4 Å². The average molecular weight is 440 g/mol. The normalized spacial score (nSPS) is 11.1. The number of carboxylic acids is 1. The molecule has 0 amide bonds. The van der Waals surface area contributed by atoms with Crippen LogP contribution in [0.2, 0.25) is 5.28 Å². The van der Waals surface area contributed by atoms with Crippen LogP contribution in [0.4, 0.5) is 5.82 Å². The van der Waals surface area contributed by atoms with Gasteiger partial charge in [-0.15, -0.1) is 0 Å². The number of carbonyl (C=O) groups is 1. The SMILES string of the molecule is O=C(O)c1cc(S(=O)(=O)Nc2ccnc(Cl)n2)ccc1I. The molecule has 0 radical (unpaired) electrons. The van der Waals surface area contributed by atoms with Crippen molar-refractivity contribution in [2.45, 2.75) is 4.90 Å². The van der Waals surface area contributed by atoms with Gasteiger partial charge in [-0.3, -0.25) is 4.72 Å². The third-order valence-corrected chi connectivity index (χ3v) is 4.82. The van der Waals surface area contributed by atoms with Gasteiger partial charge in [0.2, 0.25) is 5.28 Å². The molecule has 0 aliphatic heterocycles. The van der Waals surface area contributed by atoms with Crippen molar-refractivity contribution in [3.8, 4) is 0 Å². The molecule has 1 aromatic carbocycles. The molecule has 10 heteroatoms. The Hall–Kier alpha value is -1.46. The first-order valence-electron chi connectivity index (χ1n) is 5.34. The highest BCUT2D eigenvalue weighted by Gasteiger charge is 2.19. The van der Waals surface area contributed by atoms with E-state index in [9.17, 15) is 13.2 Å². The van der Waals surface area contributed by atoms with Crippen LogP contribution in [0.3, 0.4) is 0 Å². The zero-order valence-corrected chi connectivity index (χ0v) is 13.8. The summed E-state index contributed by atoms with van der Waals surface area (Å²) in [5.41, 5.74) is -0.0980. The van der Waals surface area contributed by atoms with E-state index in [2.05, 4.69) is 14.7 Å². The molecule has 1 aromatic heterocycles.